The minimum atomic E-state index is -1.07. The van der Waals surface area contributed by atoms with Crippen molar-refractivity contribution >= 4 is 17.7 Å². The van der Waals surface area contributed by atoms with E-state index in [1.807, 2.05) is 36.4 Å². The molecule has 0 bridgehead atoms. The van der Waals surface area contributed by atoms with E-state index >= 15 is 0 Å². The van der Waals surface area contributed by atoms with E-state index in [0.717, 1.165) is 5.56 Å². The maximum Gasteiger partial charge on any atom is 0.326 e. The molecule has 0 radical (unpaired) electrons. The van der Waals surface area contributed by atoms with Gasteiger partial charge in [0.25, 0.3) is 0 Å². The Bertz CT molecular complexity index is 599. The van der Waals surface area contributed by atoms with E-state index in [4.69, 9.17) is 0 Å². The zero-order valence-electron chi connectivity index (χ0n) is 11.3. The van der Waals surface area contributed by atoms with Crippen LogP contribution in [0.5, 0.6) is 0 Å². The van der Waals surface area contributed by atoms with Gasteiger partial charge < -0.3 is 15.7 Å². The van der Waals surface area contributed by atoms with Crippen LogP contribution in [0.25, 0.3) is 0 Å². The number of aliphatic carboxylic acids is 1. The normalized spacial score (nSPS) is 11.4. The van der Waals surface area contributed by atoms with Crippen molar-refractivity contribution in [1.82, 2.24) is 5.32 Å². The Morgan fingerprint density at radius 1 is 0.952 bits per heavy atom. The largest absolute Gasteiger partial charge is 0.480 e. The summed E-state index contributed by atoms with van der Waals surface area (Å²) in [5, 5.41) is 14.3. The van der Waals surface area contributed by atoms with Gasteiger partial charge in [-0.05, 0) is 17.7 Å². The molecular weight excluding hydrogens is 268 g/mol. The van der Waals surface area contributed by atoms with Crippen molar-refractivity contribution in [2.45, 2.75) is 12.5 Å². The van der Waals surface area contributed by atoms with E-state index in [1.165, 1.54) is 0 Å². The molecule has 0 unspecified atom stereocenters. The van der Waals surface area contributed by atoms with Gasteiger partial charge in [-0.15, -0.1) is 0 Å². The monoisotopic (exact) mass is 284 g/mol. The van der Waals surface area contributed by atoms with Gasteiger partial charge in [-0.25, -0.2) is 9.59 Å². The molecule has 0 saturated carbocycles. The Labute approximate surface area is 122 Å². The summed E-state index contributed by atoms with van der Waals surface area (Å²) < 4.78 is 0. The van der Waals surface area contributed by atoms with Gasteiger partial charge in [-0.2, -0.15) is 0 Å². The fourth-order valence-electron chi connectivity index (χ4n) is 1.90. The third-order valence-corrected chi connectivity index (χ3v) is 2.92. The van der Waals surface area contributed by atoms with Crippen LogP contribution < -0.4 is 10.6 Å². The van der Waals surface area contributed by atoms with Crippen LogP contribution in [0.2, 0.25) is 0 Å². The first-order valence-electron chi connectivity index (χ1n) is 6.54. The van der Waals surface area contributed by atoms with Crippen LogP contribution in [0, 0.1) is 0 Å². The average molecular weight is 284 g/mol. The standard InChI is InChI=1S/C16H16N2O3/c19-15(20)14(11-12-7-3-1-4-8-12)18-16(21)17-13-9-5-2-6-10-13/h1-10,14H,11H2,(H,19,20)(H2,17,18,21)/t14-/m1/s1. The van der Waals surface area contributed by atoms with Crippen molar-refractivity contribution < 1.29 is 14.7 Å². The van der Waals surface area contributed by atoms with Crippen LogP contribution in [0.15, 0.2) is 60.7 Å². The molecule has 0 aliphatic heterocycles. The number of carboxylic acids is 1. The number of benzene rings is 2. The molecule has 0 aliphatic rings. The molecule has 2 rings (SSSR count). The molecule has 0 saturated heterocycles. The number of carbonyl (C=O) groups is 2. The molecule has 0 aliphatic carbocycles. The van der Waals surface area contributed by atoms with Gasteiger partial charge in [-0.3, -0.25) is 0 Å². The third-order valence-electron chi connectivity index (χ3n) is 2.92. The quantitative estimate of drug-likeness (QED) is 0.789. The number of anilines is 1. The average Bonchev–Trinajstić information content (AvgIpc) is 2.48. The fourth-order valence-corrected chi connectivity index (χ4v) is 1.90. The summed E-state index contributed by atoms with van der Waals surface area (Å²) in [7, 11) is 0. The zero-order chi connectivity index (χ0) is 15.1. The highest BCUT2D eigenvalue weighted by Gasteiger charge is 2.20. The minimum Gasteiger partial charge on any atom is -0.480 e. The fraction of sp³-hybridized carbons (Fsp3) is 0.125. The Kier molecular flexibility index (Phi) is 4.93. The smallest absolute Gasteiger partial charge is 0.326 e. The topological polar surface area (TPSA) is 78.4 Å². The summed E-state index contributed by atoms with van der Waals surface area (Å²) in [5.74, 6) is -1.07. The summed E-state index contributed by atoms with van der Waals surface area (Å²) in [4.78, 5) is 23.1. The van der Waals surface area contributed by atoms with Crippen molar-refractivity contribution in [2.24, 2.45) is 0 Å². The lowest BCUT2D eigenvalue weighted by Crippen LogP contribution is -2.44. The molecule has 2 amide bonds. The van der Waals surface area contributed by atoms with Gasteiger partial charge in [0.2, 0.25) is 0 Å². The molecule has 108 valence electrons. The van der Waals surface area contributed by atoms with E-state index < -0.39 is 18.0 Å². The Balaban J connectivity index is 1.96. The number of hydrogen-bond donors (Lipinski definition) is 3. The molecule has 2 aromatic carbocycles. The van der Waals surface area contributed by atoms with E-state index in [0.29, 0.717) is 5.69 Å². The van der Waals surface area contributed by atoms with Crippen molar-refractivity contribution in [3.05, 3.63) is 66.2 Å². The molecule has 21 heavy (non-hydrogen) atoms. The number of nitrogens with one attached hydrogen (secondary N) is 2. The predicted octanol–water partition coefficient (Wildman–Crippen LogP) is 2.50. The van der Waals surface area contributed by atoms with Gasteiger partial charge in [-0.1, -0.05) is 48.5 Å². The molecule has 0 heterocycles. The van der Waals surface area contributed by atoms with E-state index in [2.05, 4.69) is 10.6 Å². The lowest BCUT2D eigenvalue weighted by atomic mass is 10.1. The molecular formula is C16H16N2O3. The number of carbonyl (C=O) groups excluding carboxylic acids is 1. The van der Waals surface area contributed by atoms with E-state index in [1.54, 1.807) is 24.3 Å². The van der Waals surface area contributed by atoms with E-state index in [9.17, 15) is 14.7 Å². The highest BCUT2D eigenvalue weighted by Crippen LogP contribution is 2.06. The first kappa shape index (κ1) is 14.6. The number of carboxylic acid groups (broad SMARTS) is 1. The summed E-state index contributed by atoms with van der Waals surface area (Å²) in [6.07, 6.45) is 0.235. The summed E-state index contributed by atoms with van der Waals surface area (Å²) >= 11 is 0. The maximum atomic E-state index is 11.8. The summed E-state index contributed by atoms with van der Waals surface area (Å²) in [5.41, 5.74) is 1.46. The van der Waals surface area contributed by atoms with Gasteiger partial charge in [0.05, 0.1) is 0 Å². The van der Waals surface area contributed by atoms with Crippen LogP contribution in [0.1, 0.15) is 5.56 Å². The van der Waals surface area contributed by atoms with Crippen LogP contribution in [0.3, 0.4) is 0 Å². The van der Waals surface area contributed by atoms with Crippen LogP contribution in [0.4, 0.5) is 10.5 Å². The van der Waals surface area contributed by atoms with Crippen LogP contribution >= 0.6 is 0 Å². The van der Waals surface area contributed by atoms with Crippen molar-refractivity contribution in [3.8, 4) is 0 Å². The minimum absolute atomic E-state index is 0.235. The zero-order valence-corrected chi connectivity index (χ0v) is 11.3. The van der Waals surface area contributed by atoms with E-state index in [-0.39, 0.29) is 6.42 Å². The number of hydrogen-bond acceptors (Lipinski definition) is 2. The molecule has 5 nitrogen and oxygen atoms in total. The van der Waals surface area contributed by atoms with Crippen LogP contribution in [-0.2, 0) is 11.2 Å². The molecule has 0 aromatic heterocycles. The Morgan fingerprint density at radius 2 is 1.52 bits per heavy atom. The van der Waals surface area contributed by atoms with Crippen molar-refractivity contribution in [2.75, 3.05) is 5.32 Å². The number of amides is 2. The second kappa shape index (κ2) is 7.09. The Hall–Kier alpha value is -2.82. The molecule has 0 fully saturated rings. The Morgan fingerprint density at radius 3 is 2.10 bits per heavy atom. The SMILES string of the molecule is O=C(Nc1ccccc1)N[C@H](Cc1ccccc1)C(=O)O. The lowest BCUT2D eigenvalue weighted by Gasteiger charge is -2.15. The maximum absolute atomic E-state index is 11.8. The third kappa shape index (κ3) is 4.65. The molecule has 2 aromatic rings. The summed E-state index contributed by atoms with van der Waals surface area (Å²) in [6, 6.07) is 16.5. The number of urea groups is 1. The van der Waals surface area contributed by atoms with Crippen molar-refractivity contribution in [3.63, 3.8) is 0 Å². The molecule has 5 heteroatoms. The number of para-hydroxylation sites is 1. The predicted molar refractivity (Wildman–Crippen MR) is 80.2 cm³/mol. The van der Waals surface area contributed by atoms with Gasteiger partial charge in [0, 0.05) is 12.1 Å². The second-order valence-corrected chi connectivity index (χ2v) is 4.55. The van der Waals surface area contributed by atoms with Gasteiger partial charge in [0.1, 0.15) is 6.04 Å². The van der Waals surface area contributed by atoms with Gasteiger partial charge >= 0.3 is 12.0 Å². The molecule has 0 spiro atoms. The van der Waals surface area contributed by atoms with Crippen LogP contribution in [-0.4, -0.2) is 23.1 Å². The van der Waals surface area contributed by atoms with Crippen molar-refractivity contribution in [1.29, 1.82) is 0 Å². The highest BCUT2D eigenvalue weighted by atomic mass is 16.4. The summed E-state index contributed by atoms with van der Waals surface area (Å²) in [6.45, 7) is 0. The highest BCUT2D eigenvalue weighted by molar-refractivity contribution is 5.92. The first-order chi connectivity index (χ1) is 10.1. The first-order valence-corrected chi connectivity index (χ1v) is 6.54. The molecule has 3 N–H and O–H groups in total. The lowest BCUT2D eigenvalue weighted by molar-refractivity contribution is -0.139. The second-order valence-electron chi connectivity index (χ2n) is 4.55. The van der Waals surface area contributed by atoms with Gasteiger partial charge in [0.15, 0.2) is 0 Å². The number of rotatable bonds is 5. The molecule has 1 atom stereocenters.